The van der Waals surface area contributed by atoms with Crippen LogP contribution in [0.4, 0.5) is 5.69 Å². The monoisotopic (exact) mass is 265 g/mol. The van der Waals surface area contributed by atoms with E-state index in [9.17, 15) is 9.90 Å². The van der Waals surface area contributed by atoms with Crippen LogP contribution in [-0.2, 0) is 4.79 Å². The quantitative estimate of drug-likeness (QED) is 0.664. The molecule has 0 aliphatic heterocycles. The number of carbonyl (C=O) groups excluding carboxylic acids is 1. The number of nitrogens with one attached hydrogen (secondary N) is 1. The zero-order chi connectivity index (χ0) is 14.4. The fourth-order valence-electron chi connectivity index (χ4n) is 1.84. The Bertz CT molecular complexity index is 421. The zero-order valence-corrected chi connectivity index (χ0v) is 11.8. The molecular weight excluding hydrogens is 242 g/mol. The molecule has 1 aromatic rings. The van der Waals surface area contributed by atoms with Crippen molar-refractivity contribution in [2.75, 3.05) is 25.9 Å². The predicted molar refractivity (Wildman–Crippen MR) is 76.6 cm³/mol. The minimum absolute atomic E-state index is 0.0442. The molecule has 0 bridgehead atoms. The number of anilines is 1. The molecular formula is C14H23N3O2. The Labute approximate surface area is 114 Å². The minimum atomic E-state index is -0.652. The molecule has 106 valence electrons. The summed E-state index contributed by atoms with van der Waals surface area (Å²) in [4.78, 5) is 13.4. The summed E-state index contributed by atoms with van der Waals surface area (Å²) in [5.74, 6) is -0.0442. The molecule has 0 fully saturated rings. The van der Waals surface area contributed by atoms with Crippen LogP contribution in [0, 0.1) is 0 Å². The van der Waals surface area contributed by atoms with Crippen molar-refractivity contribution in [1.82, 2.24) is 10.2 Å². The number of carbonyl (C=O) groups is 1. The van der Waals surface area contributed by atoms with Gasteiger partial charge in [-0.3, -0.25) is 9.69 Å². The smallest absolute Gasteiger partial charge is 0.234 e. The van der Waals surface area contributed by atoms with Crippen LogP contribution in [0.1, 0.15) is 25.5 Å². The Morgan fingerprint density at radius 3 is 2.74 bits per heavy atom. The maximum Gasteiger partial charge on any atom is 0.234 e. The number of benzene rings is 1. The van der Waals surface area contributed by atoms with Gasteiger partial charge in [-0.2, -0.15) is 0 Å². The van der Waals surface area contributed by atoms with Crippen LogP contribution >= 0.6 is 0 Å². The van der Waals surface area contributed by atoms with Crippen molar-refractivity contribution < 1.29 is 9.90 Å². The average Bonchev–Trinajstić information content (AvgIpc) is 2.27. The maximum atomic E-state index is 11.6. The summed E-state index contributed by atoms with van der Waals surface area (Å²) in [7, 11) is 1.80. The van der Waals surface area contributed by atoms with Crippen molar-refractivity contribution in [3.63, 3.8) is 0 Å². The van der Waals surface area contributed by atoms with Gasteiger partial charge in [0.25, 0.3) is 0 Å². The molecule has 0 aromatic heterocycles. The number of aliphatic hydroxyl groups excluding tert-OH is 1. The van der Waals surface area contributed by atoms with E-state index in [1.54, 1.807) is 30.1 Å². The lowest BCUT2D eigenvalue weighted by Gasteiger charge is -2.21. The summed E-state index contributed by atoms with van der Waals surface area (Å²) in [5, 5.41) is 12.9. The first-order valence-electron chi connectivity index (χ1n) is 6.40. The van der Waals surface area contributed by atoms with Gasteiger partial charge in [0, 0.05) is 18.3 Å². The van der Waals surface area contributed by atoms with Gasteiger partial charge < -0.3 is 16.2 Å². The van der Waals surface area contributed by atoms with E-state index in [1.807, 2.05) is 19.9 Å². The van der Waals surface area contributed by atoms with E-state index >= 15 is 0 Å². The van der Waals surface area contributed by atoms with Crippen LogP contribution in [0.15, 0.2) is 24.3 Å². The van der Waals surface area contributed by atoms with Crippen molar-refractivity contribution in [2.24, 2.45) is 0 Å². The Morgan fingerprint density at radius 2 is 2.16 bits per heavy atom. The number of hydrogen-bond donors (Lipinski definition) is 3. The molecule has 0 heterocycles. The summed E-state index contributed by atoms with van der Waals surface area (Å²) < 4.78 is 0. The molecule has 1 rings (SSSR count). The molecule has 0 saturated heterocycles. The normalized spacial score (nSPS) is 12.7. The van der Waals surface area contributed by atoms with Crippen LogP contribution in [0.25, 0.3) is 0 Å². The molecule has 0 saturated carbocycles. The molecule has 1 atom stereocenters. The molecule has 19 heavy (non-hydrogen) atoms. The van der Waals surface area contributed by atoms with Crippen LogP contribution in [-0.4, -0.2) is 42.1 Å². The number of rotatable bonds is 6. The fourth-order valence-corrected chi connectivity index (χ4v) is 1.84. The molecule has 0 aliphatic carbocycles. The highest BCUT2D eigenvalue weighted by Gasteiger charge is 2.13. The first-order valence-corrected chi connectivity index (χ1v) is 6.40. The molecule has 1 amide bonds. The second-order valence-electron chi connectivity index (χ2n) is 5.10. The van der Waals surface area contributed by atoms with Crippen LogP contribution in [0.2, 0.25) is 0 Å². The molecule has 1 unspecified atom stereocenters. The second-order valence-corrected chi connectivity index (χ2v) is 5.10. The van der Waals surface area contributed by atoms with Gasteiger partial charge in [0.15, 0.2) is 0 Å². The zero-order valence-electron chi connectivity index (χ0n) is 11.8. The van der Waals surface area contributed by atoms with Crippen LogP contribution in [0.3, 0.4) is 0 Å². The lowest BCUT2D eigenvalue weighted by atomic mass is 10.1. The summed E-state index contributed by atoms with van der Waals surface area (Å²) in [6.07, 6.45) is -0.652. The van der Waals surface area contributed by atoms with Gasteiger partial charge in [0.2, 0.25) is 5.91 Å². The Hall–Kier alpha value is -1.59. The average molecular weight is 265 g/mol. The van der Waals surface area contributed by atoms with E-state index in [2.05, 4.69) is 5.32 Å². The van der Waals surface area contributed by atoms with E-state index < -0.39 is 6.10 Å². The molecule has 0 radical (unpaired) electrons. The number of nitrogens with two attached hydrogens (primary N) is 1. The van der Waals surface area contributed by atoms with Gasteiger partial charge >= 0.3 is 0 Å². The minimum Gasteiger partial charge on any atom is -0.399 e. The second kappa shape index (κ2) is 7.11. The highest BCUT2D eigenvalue weighted by molar-refractivity contribution is 5.78. The van der Waals surface area contributed by atoms with Crippen molar-refractivity contribution >= 4 is 11.6 Å². The third-order valence-corrected chi connectivity index (χ3v) is 2.64. The van der Waals surface area contributed by atoms with Gasteiger partial charge in [-0.15, -0.1) is 0 Å². The van der Waals surface area contributed by atoms with Gasteiger partial charge in [-0.25, -0.2) is 0 Å². The van der Waals surface area contributed by atoms with Crippen molar-refractivity contribution in [1.29, 1.82) is 0 Å². The third kappa shape index (κ3) is 5.72. The first kappa shape index (κ1) is 15.5. The van der Waals surface area contributed by atoms with Gasteiger partial charge in [-0.1, -0.05) is 12.1 Å². The summed E-state index contributed by atoms with van der Waals surface area (Å²) in [6.45, 7) is 4.48. The van der Waals surface area contributed by atoms with E-state index in [-0.39, 0.29) is 18.5 Å². The number of hydrogen-bond acceptors (Lipinski definition) is 4. The number of aliphatic hydroxyl groups is 1. The first-order chi connectivity index (χ1) is 8.88. The topological polar surface area (TPSA) is 78.6 Å². The fraction of sp³-hybridized carbons (Fsp3) is 0.500. The highest BCUT2D eigenvalue weighted by Crippen LogP contribution is 2.16. The van der Waals surface area contributed by atoms with Crippen LogP contribution in [0.5, 0.6) is 0 Å². The SMILES string of the molecule is CC(C)NC(=O)CN(C)CC(O)c1cccc(N)c1. The lowest BCUT2D eigenvalue weighted by Crippen LogP contribution is -2.39. The van der Waals surface area contributed by atoms with Crippen LogP contribution < -0.4 is 11.1 Å². The third-order valence-electron chi connectivity index (χ3n) is 2.64. The summed E-state index contributed by atoms with van der Waals surface area (Å²) >= 11 is 0. The molecule has 5 heteroatoms. The van der Waals surface area contributed by atoms with Crippen molar-refractivity contribution in [3.8, 4) is 0 Å². The number of likely N-dealkylation sites (N-methyl/N-ethyl adjacent to an activating group) is 1. The van der Waals surface area contributed by atoms with E-state index in [4.69, 9.17) is 5.73 Å². The number of amides is 1. The standard InChI is InChI=1S/C14H23N3O2/c1-10(2)16-14(19)9-17(3)8-13(18)11-5-4-6-12(15)7-11/h4-7,10,13,18H,8-9,15H2,1-3H3,(H,16,19). The number of nitrogens with zero attached hydrogens (tertiary/aromatic N) is 1. The predicted octanol–water partition coefficient (Wildman–Crippen LogP) is 0.759. The van der Waals surface area contributed by atoms with Crippen molar-refractivity contribution in [2.45, 2.75) is 26.0 Å². The van der Waals surface area contributed by atoms with E-state index in [1.165, 1.54) is 0 Å². The van der Waals surface area contributed by atoms with E-state index in [0.717, 1.165) is 5.56 Å². The molecule has 0 spiro atoms. The van der Waals surface area contributed by atoms with Gasteiger partial charge in [0.1, 0.15) is 0 Å². The summed E-state index contributed by atoms with van der Waals surface area (Å²) in [5.41, 5.74) is 7.06. The maximum absolute atomic E-state index is 11.6. The Balaban J connectivity index is 2.48. The van der Waals surface area contributed by atoms with Gasteiger partial charge in [0.05, 0.1) is 12.6 Å². The Kier molecular flexibility index (Phi) is 5.79. The number of nitrogen functional groups attached to an aromatic ring is 1. The van der Waals surface area contributed by atoms with Crippen molar-refractivity contribution in [3.05, 3.63) is 29.8 Å². The van der Waals surface area contributed by atoms with Gasteiger partial charge in [-0.05, 0) is 38.6 Å². The molecule has 1 aromatic carbocycles. The molecule has 0 aliphatic rings. The highest BCUT2D eigenvalue weighted by atomic mass is 16.3. The summed E-state index contributed by atoms with van der Waals surface area (Å²) in [6, 6.07) is 7.27. The Morgan fingerprint density at radius 1 is 1.47 bits per heavy atom. The molecule has 5 nitrogen and oxygen atoms in total. The van der Waals surface area contributed by atoms with E-state index in [0.29, 0.717) is 12.2 Å². The molecule has 4 N–H and O–H groups in total. The largest absolute Gasteiger partial charge is 0.399 e. The lowest BCUT2D eigenvalue weighted by molar-refractivity contribution is -0.122.